The second kappa shape index (κ2) is 11.8. The molecule has 0 radical (unpaired) electrons. The molecule has 0 amide bonds. The molecule has 1 aromatic heterocycles. The van der Waals surface area contributed by atoms with E-state index in [1.807, 2.05) is 35.8 Å². The van der Waals surface area contributed by atoms with Gasteiger partial charge in [-0.25, -0.2) is 4.79 Å². The van der Waals surface area contributed by atoms with Crippen molar-refractivity contribution in [3.63, 3.8) is 0 Å². The molecular formula is C26H20Cl3N3O3S. The van der Waals surface area contributed by atoms with Gasteiger partial charge in [0.15, 0.2) is 11.0 Å². The van der Waals surface area contributed by atoms with E-state index in [-0.39, 0.29) is 11.5 Å². The number of thioether (sulfide) groups is 1. The molecule has 0 saturated carbocycles. The molecule has 0 unspecified atom stereocenters. The van der Waals surface area contributed by atoms with Gasteiger partial charge in [-0.05, 0) is 84.9 Å². The highest BCUT2D eigenvalue weighted by Gasteiger charge is 2.19. The number of nitrogens with zero attached hydrogens (tertiary/aromatic N) is 3. The van der Waals surface area contributed by atoms with E-state index in [4.69, 9.17) is 39.5 Å². The topological polar surface area (TPSA) is 77.2 Å². The van der Waals surface area contributed by atoms with Gasteiger partial charge in [-0.2, -0.15) is 0 Å². The lowest BCUT2D eigenvalue weighted by atomic mass is 10.2. The quantitative estimate of drug-likeness (QED) is 0.167. The van der Waals surface area contributed by atoms with Gasteiger partial charge in [0.05, 0.1) is 0 Å². The van der Waals surface area contributed by atoms with Crippen LogP contribution >= 0.6 is 46.6 Å². The van der Waals surface area contributed by atoms with Crippen molar-refractivity contribution in [1.82, 2.24) is 14.8 Å². The van der Waals surface area contributed by atoms with E-state index in [9.17, 15) is 9.90 Å². The van der Waals surface area contributed by atoms with Crippen molar-refractivity contribution in [1.29, 1.82) is 0 Å². The van der Waals surface area contributed by atoms with E-state index >= 15 is 0 Å². The highest BCUT2D eigenvalue weighted by molar-refractivity contribution is 8.04. The third kappa shape index (κ3) is 6.42. The van der Waals surface area contributed by atoms with E-state index in [1.165, 1.54) is 6.08 Å². The lowest BCUT2D eigenvalue weighted by molar-refractivity contribution is -0.131. The van der Waals surface area contributed by atoms with Crippen LogP contribution in [0, 0.1) is 0 Å². The Kier molecular flexibility index (Phi) is 8.59. The van der Waals surface area contributed by atoms with E-state index in [0.717, 1.165) is 22.9 Å². The number of halogens is 3. The van der Waals surface area contributed by atoms with Crippen LogP contribution in [0.3, 0.4) is 0 Å². The number of rotatable bonds is 9. The summed E-state index contributed by atoms with van der Waals surface area (Å²) in [5.41, 5.74) is 2.23. The van der Waals surface area contributed by atoms with Crippen LogP contribution in [0.1, 0.15) is 18.1 Å². The van der Waals surface area contributed by atoms with Crippen LogP contribution < -0.4 is 4.74 Å². The van der Waals surface area contributed by atoms with Gasteiger partial charge >= 0.3 is 5.97 Å². The zero-order valence-corrected chi connectivity index (χ0v) is 22.1. The molecule has 0 saturated heterocycles. The summed E-state index contributed by atoms with van der Waals surface area (Å²) in [4.78, 5) is 12.2. The molecule has 184 valence electrons. The fraction of sp³-hybridized carbons (Fsp3) is 0.115. The van der Waals surface area contributed by atoms with Crippen molar-refractivity contribution >= 4 is 58.6 Å². The molecule has 0 aliphatic carbocycles. The fourth-order valence-electron chi connectivity index (χ4n) is 3.39. The first-order valence-electron chi connectivity index (χ1n) is 10.8. The van der Waals surface area contributed by atoms with Crippen LogP contribution in [0.15, 0.2) is 76.8 Å². The Bertz CT molecular complexity index is 1420. The molecule has 3 aromatic carbocycles. The molecule has 10 heteroatoms. The molecule has 36 heavy (non-hydrogen) atoms. The van der Waals surface area contributed by atoms with Gasteiger partial charge in [0.2, 0.25) is 0 Å². The molecule has 0 bridgehead atoms. The number of benzene rings is 3. The van der Waals surface area contributed by atoms with Gasteiger partial charge in [0.1, 0.15) is 17.3 Å². The van der Waals surface area contributed by atoms with Gasteiger partial charge in [0, 0.05) is 32.7 Å². The SMILES string of the molecule is CCn1c(S/C(=C\c2cc(Cl)ccc2OCc2cccc(Cl)c2)C(=O)O)nnc1-c1ccc(Cl)cc1. The Morgan fingerprint density at radius 2 is 1.72 bits per heavy atom. The van der Waals surface area contributed by atoms with Crippen LogP contribution in [-0.4, -0.2) is 25.8 Å². The van der Waals surface area contributed by atoms with Gasteiger partial charge in [-0.3, -0.25) is 0 Å². The molecule has 0 spiro atoms. The fourth-order valence-corrected chi connectivity index (χ4v) is 4.78. The molecule has 6 nitrogen and oxygen atoms in total. The van der Waals surface area contributed by atoms with Crippen molar-refractivity contribution in [2.45, 2.75) is 25.2 Å². The standard InChI is InChI=1S/C26H20Cl3N3O3S/c1-2-32-24(17-6-8-19(27)9-7-17)30-31-26(32)36-23(25(33)34)14-18-13-21(29)10-11-22(18)35-15-16-4-3-5-20(28)12-16/h3-14H,2,15H2,1H3,(H,33,34)/b23-14-. The zero-order chi connectivity index (χ0) is 25.7. The summed E-state index contributed by atoms with van der Waals surface area (Å²) in [7, 11) is 0. The number of aromatic nitrogens is 3. The summed E-state index contributed by atoms with van der Waals surface area (Å²) >= 11 is 19.3. The lowest BCUT2D eigenvalue weighted by Gasteiger charge is -2.11. The number of carbonyl (C=O) groups is 1. The zero-order valence-electron chi connectivity index (χ0n) is 19.0. The second-order valence-corrected chi connectivity index (χ2v) is 9.89. The first kappa shape index (κ1) is 26.1. The van der Waals surface area contributed by atoms with E-state index in [0.29, 0.717) is 43.9 Å². The normalized spacial score (nSPS) is 11.5. The van der Waals surface area contributed by atoms with Crippen LogP contribution in [0.2, 0.25) is 15.1 Å². The monoisotopic (exact) mass is 559 g/mol. The highest BCUT2D eigenvalue weighted by Crippen LogP contribution is 2.33. The van der Waals surface area contributed by atoms with Crippen molar-refractivity contribution < 1.29 is 14.6 Å². The van der Waals surface area contributed by atoms with Gasteiger partial charge < -0.3 is 14.4 Å². The summed E-state index contributed by atoms with van der Waals surface area (Å²) in [5.74, 6) is -0.00768. The Morgan fingerprint density at radius 3 is 2.42 bits per heavy atom. The summed E-state index contributed by atoms with van der Waals surface area (Å²) in [5, 5.41) is 20.6. The summed E-state index contributed by atoms with van der Waals surface area (Å²) in [6, 6.07) is 19.6. The van der Waals surface area contributed by atoms with Crippen LogP contribution in [0.5, 0.6) is 5.75 Å². The van der Waals surface area contributed by atoms with E-state index in [2.05, 4.69) is 10.2 Å². The number of carboxylic acids is 1. The van der Waals surface area contributed by atoms with Crippen molar-refractivity contribution in [2.24, 2.45) is 0 Å². The smallest absolute Gasteiger partial charge is 0.342 e. The Balaban J connectivity index is 1.64. The molecule has 4 aromatic rings. The van der Waals surface area contributed by atoms with Gasteiger partial charge in [-0.1, -0.05) is 46.9 Å². The van der Waals surface area contributed by atoms with Gasteiger partial charge in [0.25, 0.3) is 0 Å². The predicted molar refractivity (Wildman–Crippen MR) is 145 cm³/mol. The van der Waals surface area contributed by atoms with Gasteiger partial charge in [-0.15, -0.1) is 10.2 Å². The van der Waals surface area contributed by atoms with E-state index in [1.54, 1.807) is 42.5 Å². The average Bonchev–Trinajstić information content (AvgIpc) is 3.26. The maximum atomic E-state index is 12.2. The number of hydrogen-bond acceptors (Lipinski definition) is 5. The molecule has 0 fully saturated rings. The summed E-state index contributed by atoms with van der Waals surface area (Å²) < 4.78 is 7.82. The van der Waals surface area contributed by atoms with Crippen LogP contribution in [0.4, 0.5) is 0 Å². The summed E-state index contributed by atoms with van der Waals surface area (Å²) in [6.45, 7) is 2.74. The predicted octanol–water partition coefficient (Wildman–Crippen LogP) is 7.72. The second-order valence-electron chi connectivity index (χ2n) is 7.57. The first-order chi connectivity index (χ1) is 17.3. The maximum Gasteiger partial charge on any atom is 0.342 e. The number of ether oxygens (including phenoxy) is 1. The van der Waals surface area contributed by atoms with Crippen molar-refractivity contribution in [3.05, 3.63) is 97.8 Å². The minimum absolute atomic E-state index is 0.0367. The Morgan fingerprint density at radius 1 is 1.00 bits per heavy atom. The molecular weight excluding hydrogens is 541 g/mol. The number of hydrogen-bond donors (Lipinski definition) is 1. The van der Waals surface area contributed by atoms with E-state index < -0.39 is 5.97 Å². The Labute approximate surface area is 227 Å². The maximum absolute atomic E-state index is 12.2. The first-order valence-corrected chi connectivity index (χ1v) is 12.8. The Hall–Kier alpha value is -2.97. The molecule has 1 heterocycles. The summed E-state index contributed by atoms with van der Waals surface area (Å²) in [6.07, 6.45) is 1.52. The minimum atomic E-state index is -1.11. The van der Waals surface area contributed by atoms with Crippen LogP contribution in [0.25, 0.3) is 17.5 Å². The highest BCUT2D eigenvalue weighted by atomic mass is 35.5. The van der Waals surface area contributed by atoms with Crippen molar-refractivity contribution in [2.75, 3.05) is 0 Å². The molecule has 0 aliphatic rings. The van der Waals surface area contributed by atoms with Crippen molar-refractivity contribution in [3.8, 4) is 17.1 Å². The molecule has 0 atom stereocenters. The number of carboxylic acid groups (broad SMARTS) is 1. The third-order valence-electron chi connectivity index (χ3n) is 5.09. The molecule has 0 aliphatic heterocycles. The number of aliphatic carboxylic acids is 1. The average molecular weight is 561 g/mol. The largest absolute Gasteiger partial charge is 0.488 e. The molecule has 1 N–H and O–H groups in total. The lowest BCUT2D eigenvalue weighted by Crippen LogP contribution is -2.03. The molecule has 4 rings (SSSR count). The third-order valence-corrected chi connectivity index (χ3v) is 6.81. The minimum Gasteiger partial charge on any atom is -0.488 e. The van der Waals surface area contributed by atoms with Crippen LogP contribution in [-0.2, 0) is 17.9 Å².